The van der Waals surface area contributed by atoms with E-state index < -0.39 is 124 Å². The van der Waals surface area contributed by atoms with Crippen molar-refractivity contribution < 1.29 is 94.4 Å². The van der Waals surface area contributed by atoms with E-state index in [1.807, 2.05) is 6.92 Å². The van der Waals surface area contributed by atoms with Crippen molar-refractivity contribution in [1.29, 1.82) is 0 Å². The quantitative estimate of drug-likeness (QED) is 0.0902. The molecule has 4 heterocycles. The van der Waals surface area contributed by atoms with Gasteiger partial charge in [-0.25, -0.2) is 0 Å². The Hall–Kier alpha value is -1.18. The van der Waals surface area contributed by atoms with E-state index in [1.165, 1.54) is 5.57 Å². The first kappa shape index (κ1) is 49.2. The smallest absolute Gasteiger partial charge is 0.187 e. The Kier molecular flexibility index (Phi) is 14.9. The largest absolute Gasteiger partial charge is 0.494 e. The molecular weight excluding hydrogens is 844 g/mol. The maximum absolute atomic E-state index is 11.7. The van der Waals surface area contributed by atoms with E-state index in [0.29, 0.717) is 36.5 Å². The van der Waals surface area contributed by atoms with Gasteiger partial charge in [-0.15, -0.1) is 0 Å². The number of hydrogen-bond acceptors (Lipinski definition) is 19. The second kappa shape index (κ2) is 19.3. The molecule has 0 aromatic rings. The van der Waals surface area contributed by atoms with Gasteiger partial charge in [0.15, 0.2) is 18.9 Å². The fourth-order valence-electron chi connectivity index (χ4n) is 13.8. The second-order valence-corrected chi connectivity index (χ2v) is 21.0. The zero-order valence-corrected chi connectivity index (χ0v) is 37.3. The predicted octanol–water partition coefficient (Wildman–Crippen LogP) is -1.86. The number of fused-ring (bicyclic) bond motifs is 7. The van der Waals surface area contributed by atoms with Gasteiger partial charge in [-0.3, -0.25) is 0 Å². The molecule has 4 aliphatic heterocycles. The third-order valence-electron chi connectivity index (χ3n) is 17.4. The minimum atomic E-state index is -1.77. The summed E-state index contributed by atoms with van der Waals surface area (Å²) in [5.41, 5.74) is 1.23. The van der Waals surface area contributed by atoms with Crippen LogP contribution in [0.3, 0.4) is 0 Å². The van der Waals surface area contributed by atoms with Crippen molar-refractivity contribution in [3.8, 4) is 0 Å². The summed E-state index contributed by atoms with van der Waals surface area (Å²) in [6, 6.07) is 0. The molecule has 19 nitrogen and oxygen atoms in total. The maximum atomic E-state index is 11.7. The number of hydrogen-bond donors (Lipinski definition) is 12. The minimum absolute atomic E-state index is 0.0700. The van der Waals surface area contributed by atoms with Gasteiger partial charge in [0.05, 0.1) is 44.4 Å². The number of aliphatic hydroxyl groups is 12. The molecule has 368 valence electrons. The highest BCUT2D eigenvalue weighted by Gasteiger charge is 2.65. The molecule has 0 bridgehead atoms. The van der Waals surface area contributed by atoms with Crippen LogP contribution < -0.4 is 0 Å². The standard InChI is InChI=1S/C45H74O19/c1-18(17-58-41-37(55)34(52)32(50)28(14-46)61-41)5-8-25-19(2)31-27(59-25)12-23-21-7-6-20-11-26(24(49)13-45(20,4)22(21)9-10-44(23,31)3)60-42-39(57)36(54)40(30(16-48)63-42)64-43-38(56)35(53)33(51)29(15-47)62-43/h18,20-24,26-43,46-57H,5-17H2,1-4H3/t18-,20-,21+,22-,23-,24+,26+,27-,28+,29+,30+,31-,32+,33+,34-,35-,36+,37+,38+,39+,40-,41+,42+,43-,44-,45-/m0/s1. The van der Waals surface area contributed by atoms with Crippen LogP contribution >= 0.6 is 0 Å². The number of ether oxygens (including phenoxy) is 7. The van der Waals surface area contributed by atoms with Crippen LogP contribution in [-0.2, 0) is 33.2 Å². The molecule has 7 fully saturated rings. The lowest BCUT2D eigenvalue weighted by Crippen LogP contribution is -2.65. The topological polar surface area (TPSA) is 307 Å². The highest BCUT2D eigenvalue weighted by molar-refractivity contribution is 5.27. The van der Waals surface area contributed by atoms with Gasteiger partial charge in [-0.2, -0.15) is 0 Å². The van der Waals surface area contributed by atoms with Crippen molar-refractivity contribution >= 4 is 0 Å². The van der Waals surface area contributed by atoms with Crippen LogP contribution in [-0.4, -0.2) is 198 Å². The fourth-order valence-corrected chi connectivity index (χ4v) is 13.8. The molecule has 0 radical (unpaired) electrons. The van der Waals surface area contributed by atoms with Gasteiger partial charge in [0, 0.05) is 12.3 Å². The molecule has 0 amide bonds. The first-order valence-electron chi connectivity index (χ1n) is 23.6. The van der Waals surface area contributed by atoms with Crippen LogP contribution in [0.1, 0.15) is 85.5 Å². The molecule has 4 saturated carbocycles. The predicted molar refractivity (Wildman–Crippen MR) is 219 cm³/mol. The maximum Gasteiger partial charge on any atom is 0.187 e. The van der Waals surface area contributed by atoms with Gasteiger partial charge in [0.2, 0.25) is 0 Å². The highest BCUT2D eigenvalue weighted by Crippen LogP contribution is 2.70. The SMILES string of the molecule is CC1=C(CC[C@H](C)CO[C@@H]2O[C@H](CO)[C@@H](O)[C@H](O)[C@H]2O)O[C@H]2C[C@H]3[C@@H]4CC[C@H]5C[C@@H](O[C@@H]6O[C@H](CO)[C@H](O[C@@H]7O[C@H](CO)[C@@H](O)[C@H](O)[C@H]7O)[C@H](O)[C@H]6O)[C@H](O)C[C@]5(C)[C@H]4CC[C@]3(C)[C@@H]12. The lowest BCUT2D eigenvalue weighted by Gasteiger charge is -2.61. The first-order valence-corrected chi connectivity index (χ1v) is 23.6. The normalized spacial score (nSPS) is 53.2. The van der Waals surface area contributed by atoms with E-state index >= 15 is 0 Å². The van der Waals surface area contributed by atoms with Crippen molar-refractivity contribution in [1.82, 2.24) is 0 Å². The Morgan fingerprint density at radius 1 is 0.656 bits per heavy atom. The molecule has 0 spiro atoms. The molecule has 19 heteroatoms. The van der Waals surface area contributed by atoms with Gasteiger partial charge in [-0.1, -0.05) is 20.8 Å². The number of allylic oxidation sites excluding steroid dienone is 1. The van der Waals surface area contributed by atoms with Gasteiger partial charge in [0.25, 0.3) is 0 Å². The zero-order chi connectivity index (χ0) is 46.2. The monoisotopic (exact) mass is 918 g/mol. The van der Waals surface area contributed by atoms with E-state index in [9.17, 15) is 61.3 Å². The summed E-state index contributed by atoms with van der Waals surface area (Å²) in [5.74, 6) is 2.99. The van der Waals surface area contributed by atoms with Gasteiger partial charge in [0.1, 0.15) is 79.4 Å². The molecule has 0 aromatic carbocycles. The molecule has 12 N–H and O–H groups in total. The van der Waals surface area contributed by atoms with Crippen LogP contribution in [0.25, 0.3) is 0 Å². The fraction of sp³-hybridized carbons (Fsp3) is 0.956. The lowest BCUT2D eigenvalue weighted by molar-refractivity contribution is -0.366. The van der Waals surface area contributed by atoms with E-state index in [0.717, 1.165) is 50.7 Å². The van der Waals surface area contributed by atoms with Crippen LogP contribution in [0.2, 0.25) is 0 Å². The molecule has 3 saturated heterocycles. The summed E-state index contributed by atoms with van der Waals surface area (Å²) >= 11 is 0. The Labute approximate surface area is 373 Å². The molecular formula is C45H74O19. The molecule has 0 unspecified atom stereocenters. The van der Waals surface area contributed by atoms with Crippen molar-refractivity contribution in [3.05, 3.63) is 11.3 Å². The average Bonchev–Trinajstić information content (AvgIpc) is 3.76. The molecule has 8 rings (SSSR count). The van der Waals surface area contributed by atoms with Crippen LogP contribution in [0, 0.1) is 46.3 Å². The van der Waals surface area contributed by atoms with Gasteiger partial charge >= 0.3 is 0 Å². The van der Waals surface area contributed by atoms with E-state index in [4.69, 9.17) is 33.2 Å². The molecule has 64 heavy (non-hydrogen) atoms. The third kappa shape index (κ3) is 8.63. The lowest BCUT2D eigenvalue weighted by atomic mass is 9.44. The van der Waals surface area contributed by atoms with Crippen molar-refractivity contribution in [2.24, 2.45) is 46.3 Å². The van der Waals surface area contributed by atoms with E-state index in [2.05, 4.69) is 20.8 Å². The Bertz CT molecular complexity index is 1620. The summed E-state index contributed by atoms with van der Waals surface area (Å²) < 4.78 is 41.4. The molecule has 4 aliphatic carbocycles. The Balaban J connectivity index is 0.853. The number of rotatable bonds is 13. The highest BCUT2D eigenvalue weighted by atomic mass is 16.7. The summed E-state index contributed by atoms with van der Waals surface area (Å²) in [4.78, 5) is 0. The van der Waals surface area contributed by atoms with Crippen LogP contribution in [0.5, 0.6) is 0 Å². The molecule has 0 aromatic heterocycles. The van der Waals surface area contributed by atoms with Gasteiger partial charge in [-0.05, 0) is 104 Å². The van der Waals surface area contributed by atoms with Crippen molar-refractivity contribution in [2.75, 3.05) is 26.4 Å². The van der Waals surface area contributed by atoms with Gasteiger partial charge < -0.3 is 94.4 Å². The molecule has 26 atom stereocenters. The summed E-state index contributed by atoms with van der Waals surface area (Å²) in [5, 5.41) is 125. The summed E-state index contributed by atoms with van der Waals surface area (Å²) in [7, 11) is 0. The Morgan fingerprint density at radius 2 is 1.25 bits per heavy atom. The first-order chi connectivity index (χ1) is 30.4. The Morgan fingerprint density at radius 3 is 1.91 bits per heavy atom. The van der Waals surface area contributed by atoms with Crippen LogP contribution in [0.4, 0.5) is 0 Å². The summed E-state index contributed by atoms with van der Waals surface area (Å²) in [6.07, 6.45) is -16.1. The average molecular weight is 919 g/mol. The van der Waals surface area contributed by atoms with Crippen molar-refractivity contribution in [3.63, 3.8) is 0 Å². The van der Waals surface area contributed by atoms with E-state index in [-0.39, 0.29) is 35.4 Å². The van der Waals surface area contributed by atoms with Crippen LogP contribution in [0.15, 0.2) is 11.3 Å². The third-order valence-corrected chi connectivity index (χ3v) is 17.4. The number of aliphatic hydroxyl groups excluding tert-OH is 12. The zero-order valence-electron chi connectivity index (χ0n) is 37.3. The minimum Gasteiger partial charge on any atom is -0.494 e. The second-order valence-electron chi connectivity index (χ2n) is 21.0. The van der Waals surface area contributed by atoms with Crippen molar-refractivity contribution in [2.45, 2.75) is 196 Å². The van der Waals surface area contributed by atoms with E-state index in [1.54, 1.807) is 0 Å². The molecule has 8 aliphatic rings. The summed E-state index contributed by atoms with van der Waals surface area (Å²) in [6.45, 7) is 7.37.